The van der Waals surface area contributed by atoms with Gasteiger partial charge in [0.2, 0.25) is 0 Å². The average Bonchev–Trinajstić information content (AvgIpc) is 2.84. The Bertz CT molecular complexity index is 507. The van der Waals surface area contributed by atoms with E-state index in [9.17, 15) is 0 Å². The number of ether oxygens (including phenoxy) is 2. The highest BCUT2D eigenvalue weighted by atomic mass is 28.4. The molecule has 6 heteroatoms. The van der Waals surface area contributed by atoms with E-state index in [0.717, 1.165) is 6.42 Å². The van der Waals surface area contributed by atoms with Gasteiger partial charge in [-0.15, -0.1) is 0 Å². The van der Waals surface area contributed by atoms with E-state index in [1.54, 1.807) is 0 Å². The molecule has 2 aliphatic heterocycles. The minimum absolute atomic E-state index is 0.0597. The van der Waals surface area contributed by atoms with Crippen LogP contribution < -0.4 is 0 Å². The number of hydrogen-bond donors (Lipinski definition) is 0. The van der Waals surface area contributed by atoms with Crippen LogP contribution in [0, 0.1) is 5.92 Å². The van der Waals surface area contributed by atoms with Gasteiger partial charge >= 0.3 is 0 Å². The van der Waals surface area contributed by atoms with Gasteiger partial charge in [0.05, 0.1) is 31.5 Å². The van der Waals surface area contributed by atoms with Crippen molar-refractivity contribution < 1.29 is 18.3 Å². The van der Waals surface area contributed by atoms with Gasteiger partial charge in [-0.1, -0.05) is 48.5 Å². The maximum absolute atomic E-state index is 6.47. The van der Waals surface area contributed by atoms with Gasteiger partial charge in [0.25, 0.3) is 0 Å². The van der Waals surface area contributed by atoms with Crippen LogP contribution >= 0.6 is 0 Å². The predicted octanol–water partition coefficient (Wildman–Crippen LogP) is 5.59. The van der Waals surface area contributed by atoms with E-state index in [-0.39, 0.29) is 34.5 Å². The lowest BCUT2D eigenvalue weighted by atomic mass is 9.92. The first-order chi connectivity index (χ1) is 12.1. The molecule has 27 heavy (non-hydrogen) atoms. The molecule has 0 aliphatic carbocycles. The Labute approximate surface area is 169 Å². The second-order valence-corrected chi connectivity index (χ2v) is 21.3. The molecule has 5 atom stereocenters. The van der Waals surface area contributed by atoms with Gasteiger partial charge in [-0.2, -0.15) is 0 Å². The van der Waals surface area contributed by atoms with Crippen molar-refractivity contribution >= 4 is 16.6 Å². The van der Waals surface area contributed by atoms with Crippen molar-refractivity contribution in [2.24, 2.45) is 5.92 Å². The predicted molar refractivity (Wildman–Crippen MR) is 117 cm³/mol. The molecule has 2 bridgehead atoms. The lowest BCUT2D eigenvalue weighted by Crippen LogP contribution is -2.48. The summed E-state index contributed by atoms with van der Waals surface area (Å²) >= 11 is 0. The first-order valence-corrected chi connectivity index (χ1v) is 16.5. The van der Waals surface area contributed by atoms with Crippen molar-refractivity contribution in [1.29, 1.82) is 0 Å². The molecule has 0 spiro atoms. The lowest BCUT2D eigenvalue weighted by molar-refractivity contribution is -0.0893. The van der Waals surface area contributed by atoms with Crippen LogP contribution in [0.5, 0.6) is 0 Å². The van der Waals surface area contributed by atoms with Gasteiger partial charge in [-0.25, -0.2) is 0 Å². The van der Waals surface area contributed by atoms with Crippen LogP contribution in [-0.2, 0) is 18.3 Å². The van der Waals surface area contributed by atoms with Crippen LogP contribution in [-0.4, -0.2) is 54.3 Å². The second kappa shape index (κ2) is 7.84. The molecule has 0 unspecified atom stereocenters. The van der Waals surface area contributed by atoms with E-state index in [1.807, 2.05) is 0 Å². The summed E-state index contributed by atoms with van der Waals surface area (Å²) in [6, 6.07) is 0. The largest absolute Gasteiger partial charge is 0.414 e. The average molecular weight is 417 g/mol. The minimum atomic E-state index is -1.77. The third-order valence-corrected chi connectivity index (χ3v) is 16.6. The standard InChI is InChI=1S/C21H44O4Si2/c1-15-16-12-17(19(24-16)14-23-27(10,11)21(5,6)7)25-18(15)13-22-26(8,9)20(2,3)4/h15-19H,12-14H2,1-11H3/t15-,16-,17-,18+,19-/m1/s1. The Morgan fingerprint density at radius 2 is 1.15 bits per heavy atom. The van der Waals surface area contributed by atoms with Gasteiger partial charge in [0.15, 0.2) is 16.6 Å². The summed E-state index contributed by atoms with van der Waals surface area (Å²) < 4.78 is 25.7. The monoisotopic (exact) mass is 416 g/mol. The van der Waals surface area contributed by atoms with Crippen LogP contribution in [0.4, 0.5) is 0 Å². The summed E-state index contributed by atoms with van der Waals surface area (Å²) in [5.41, 5.74) is 0. The lowest BCUT2D eigenvalue weighted by Gasteiger charge is -2.40. The van der Waals surface area contributed by atoms with Gasteiger partial charge in [0, 0.05) is 12.3 Å². The molecule has 0 saturated carbocycles. The molecule has 2 saturated heterocycles. The molecule has 2 rings (SSSR count). The summed E-state index contributed by atoms with van der Waals surface area (Å²) in [7, 11) is -3.53. The normalized spacial score (nSPS) is 32.8. The highest BCUT2D eigenvalue weighted by Gasteiger charge is 2.49. The van der Waals surface area contributed by atoms with Gasteiger partial charge in [0.1, 0.15) is 6.10 Å². The van der Waals surface area contributed by atoms with Crippen molar-refractivity contribution in [1.82, 2.24) is 0 Å². The van der Waals surface area contributed by atoms with Crippen LogP contribution in [0.15, 0.2) is 0 Å². The van der Waals surface area contributed by atoms with E-state index in [1.165, 1.54) is 0 Å². The quantitative estimate of drug-likeness (QED) is 0.529. The maximum atomic E-state index is 6.47. The van der Waals surface area contributed by atoms with Crippen LogP contribution in [0.2, 0.25) is 36.3 Å². The molecule has 4 nitrogen and oxygen atoms in total. The van der Waals surface area contributed by atoms with Crippen LogP contribution in [0.1, 0.15) is 54.9 Å². The summed E-state index contributed by atoms with van der Waals surface area (Å²) in [4.78, 5) is 0. The van der Waals surface area contributed by atoms with Gasteiger partial charge in [-0.05, 0) is 36.3 Å². The Morgan fingerprint density at radius 1 is 0.741 bits per heavy atom. The fourth-order valence-electron chi connectivity index (χ4n) is 3.17. The van der Waals surface area contributed by atoms with E-state index in [0.29, 0.717) is 19.1 Å². The zero-order chi connectivity index (χ0) is 20.8. The van der Waals surface area contributed by atoms with E-state index >= 15 is 0 Å². The van der Waals surface area contributed by atoms with E-state index in [2.05, 4.69) is 74.7 Å². The first kappa shape index (κ1) is 23.6. The molecular weight excluding hydrogens is 372 g/mol. The van der Waals surface area contributed by atoms with Crippen molar-refractivity contribution in [2.75, 3.05) is 13.2 Å². The second-order valence-electron chi connectivity index (χ2n) is 11.7. The van der Waals surface area contributed by atoms with Gasteiger partial charge < -0.3 is 18.3 Å². The molecule has 0 aromatic carbocycles. The summed E-state index contributed by atoms with van der Waals surface area (Å²) in [6.07, 6.45) is 1.59. The van der Waals surface area contributed by atoms with Crippen molar-refractivity contribution in [3.05, 3.63) is 0 Å². The molecule has 0 amide bonds. The minimum Gasteiger partial charge on any atom is -0.414 e. The molecular formula is C21H44O4Si2. The number of hydrogen-bond acceptors (Lipinski definition) is 4. The summed E-state index contributed by atoms with van der Waals surface area (Å²) in [5.74, 6) is 0.365. The summed E-state index contributed by atoms with van der Waals surface area (Å²) in [6.45, 7) is 26.5. The third-order valence-electron chi connectivity index (χ3n) is 7.58. The van der Waals surface area contributed by atoms with Crippen molar-refractivity contribution in [3.8, 4) is 0 Å². The molecule has 0 N–H and O–H groups in total. The smallest absolute Gasteiger partial charge is 0.192 e. The third kappa shape index (κ3) is 5.26. The fraction of sp³-hybridized carbons (Fsp3) is 1.00. The van der Waals surface area contributed by atoms with Crippen molar-refractivity contribution in [2.45, 2.75) is 116 Å². The highest BCUT2D eigenvalue weighted by Crippen LogP contribution is 2.41. The maximum Gasteiger partial charge on any atom is 0.192 e. The van der Waals surface area contributed by atoms with Gasteiger partial charge in [-0.3, -0.25) is 0 Å². The van der Waals surface area contributed by atoms with Crippen molar-refractivity contribution in [3.63, 3.8) is 0 Å². The molecule has 160 valence electrons. The fourth-order valence-corrected chi connectivity index (χ4v) is 5.20. The highest BCUT2D eigenvalue weighted by molar-refractivity contribution is 6.74. The number of rotatable bonds is 6. The Kier molecular flexibility index (Phi) is 6.84. The number of fused-ring (bicyclic) bond motifs is 2. The molecule has 2 aliphatic rings. The Hall–Kier alpha value is 0.274. The van der Waals surface area contributed by atoms with Crippen LogP contribution in [0.25, 0.3) is 0 Å². The molecule has 0 aromatic rings. The topological polar surface area (TPSA) is 36.9 Å². The van der Waals surface area contributed by atoms with E-state index < -0.39 is 16.6 Å². The Balaban J connectivity index is 1.94. The zero-order valence-electron chi connectivity index (χ0n) is 19.6. The first-order valence-electron chi connectivity index (χ1n) is 10.6. The molecule has 0 radical (unpaired) electrons. The molecule has 0 aromatic heterocycles. The zero-order valence-corrected chi connectivity index (χ0v) is 21.6. The van der Waals surface area contributed by atoms with Crippen LogP contribution in [0.3, 0.4) is 0 Å². The molecule has 2 fully saturated rings. The SMILES string of the molecule is C[C@H]1[C@H](CO[Si](C)(C)C(C)(C)C)O[C@@H]2C[C@H]1O[C@@H]2CO[Si](C)(C)C(C)(C)C. The Morgan fingerprint density at radius 3 is 1.59 bits per heavy atom. The molecule has 2 heterocycles. The summed E-state index contributed by atoms with van der Waals surface area (Å²) in [5, 5.41) is 0.439. The van der Waals surface area contributed by atoms with E-state index in [4.69, 9.17) is 18.3 Å².